The average Bonchev–Trinajstić information content (AvgIpc) is 2.74. The van der Waals surface area contributed by atoms with E-state index in [0.29, 0.717) is 5.56 Å². The van der Waals surface area contributed by atoms with E-state index in [-0.39, 0.29) is 11.9 Å². The first-order valence-electron chi connectivity index (χ1n) is 10.4. The number of nitrogens with one attached hydrogen (secondary N) is 1. The summed E-state index contributed by atoms with van der Waals surface area (Å²) in [6.45, 7) is 5.64. The number of hydrogen-bond acceptors (Lipinski definition) is 4. The SMILES string of the molecule is CC(CCc1ccccc1)NC(=O)c1ccc(SCCN2CCCCC2)nc1. The molecule has 1 amide bonds. The third-order valence-corrected chi connectivity index (χ3v) is 6.11. The van der Waals surface area contributed by atoms with Crippen LogP contribution in [0.4, 0.5) is 0 Å². The third-order valence-electron chi connectivity index (χ3n) is 5.19. The van der Waals surface area contributed by atoms with Crippen LogP contribution in [0.3, 0.4) is 0 Å². The van der Waals surface area contributed by atoms with Crippen LogP contribution < -0.4 is 5.32 Å². The summed E-state index contributed by atoms with van der Waals surface area (Å²) in [6, 6.07) is 14.4. The van der Waals surface area contributed by atoms with Crippen molar-refractivity contribution >= 4 is 17.7 Å². The highest BCUT2D eigenvalue weighted by molar-refractivity contribution is 7.99. The Morgan fingerprint density at radius 1 is 1.14 bits per heavy atom. The lowest BCUT2D eigenvalue weighted by molar-refractivity contribution is 0.0938. The number of piperidine rings is 1. The zero-order valence-corrected chi connectivity index (χ0v) is 17.6. The minimum absolute atomic E-state index is 0.0436. The van der Waals surface area contributed by atoms with Gasteiger partial charge in [0.25, 0.3) is 5.91 Å². The molecule has 1 aliphatic rings. The zero-order valence-electron chi connectivity index (χ0n) is 16.8. The van der Waals surface area contributed by atoms with Gasteiger partial charge in [-0.05, 0) is 63.4 Å². The largest absolute Gasteiger partial charge is 0.350 e. The van der Waals surface area contributed by atoms with Crippen LogP contribution in [-0.4, -0.2) is 47.2 Å². The predicted octanol–water partition coefficient (Wildman–Crippen LogP) is 4.41. The molecule has 0 spiro atoms. The first-order chi connectivity index (χ1) is 13.7. The van der Waals surface area contributed by atoms with Gasteiger partial charge < -0.3 is 10.2 Å². The van der Waals surface area contributed by atoms with Crippen LogP contribution in [0.15, 0.2) is 53.7 Å². The summed E-state index contributed by atoms with van der Waals surface area (Å²) in [5.74, 6) is 1.01. The van der Waals surface area contributed by atoms with Crippen molar-refractivity contribution < 1.29 is 4.79 Å². The zero-order chi connectivity index (χ0) is 19.6. The summed E-state index contributed by atoms with van der Waals surface area (Å²) in [7, 11) is 0. The fourth-order valence-electron chi connectivity index (χ4n) is 3.47. The Morgan fingerprint density at radius 3 is 2.64 bits per heavy atom. The molecule has 1 unspecified atom stereocenters. The third kappa shape index (κ3) is 6.95. The van der Waals surface area contributed by atoms with Gasteiger partial charge in [0.05, 0.1) is 10.6 Å². The van der Waals surface area contributed by atoms with Crippen LogP contribution >= 0.6 is 11.8 Å². The smallest absolute Gasteiger partial charge is 0.253 e. The Labute approximate surface area is 173 Å². The number of likely N-dealkylation sites (tertiary alicyclic amines) is 1. The first kappa shape index (κ1) is 20.9. The highest BCUT2D eigenvalue weighted by Crippen LogP contribution is 2.17. The van der Waals surface area contributed by atoms with E-state index >= 15 is 0 Å². The predicted molar refractivity (Wildman–Crippen MR) is 117 cm³/mol. The number of carbonyl (C=O) groups is 1. The molecule has 1 aromatic heterocycles. The molecular weight excluding hydrogens is 366 g/mol. The highest BCUT2D eigenvalue weighted by atomic mass is 32.2. The highest BCUT2D eigenvalue weighted by Gasteiger charge is 2.12. The van der Waals surface area contributed by atoms with Crippen LogP contribution in [0.5, 0.6) is 0 Å². The van der Waals surface area contributed by atoms with Gasteiger partial charge >= 0.3 is 0 Å². The van der Waals surface area contributed by atoms with Gasteiger partial charge in [0.2, 0.25) is 0 Å². The molecule has 1 aliphatic heterocycles. The lowest BCUT2D eigenvalue weighted by Gasteiger charge is -2.25. The number of carbonyl (C=O) groups excluding carboxylic acids is 1. The molecule has 28 heavy (non-hydrogen) atoms. The summed E-state index contributed by atoms with van der Waals surface area (Å²) in [4.78, 5) is 19.4. The van der Waals surface area contributed by atoms with E-state index in [1.807, 2.05) is 18.2 Å². The second-order valence-electron chi connectivity index (χ2n) is 7.53. The molecule has 4 nitrogen and oxygen atoms in total. The lowest BCUT2D eigenvalue weighted by atomic mass is 10.1. The summed E-state index contributed by atoms with van der Waals surface area (Å²) in [5.41, 5.74) is 1.93. The quantitative estimate of drug-likeness (QED) is 0.637. The van der Waals surface area contributed by atoms with Crippen LogP contribution in [0.2, 0.25) is 0 Å². The van der Waals surface area contributed by atoms with Crippen molar-refractivity contribution in [3.63, 3.8) is 0 Å². The van der Waals surface area contributed by atoms with Crippen molar-refractivity contribution in [2.45, 2.75) is 50.1 Å². The van der Waals surface area contributed by atoms with Crippen molar-refractivity contribution in [1.82, 2.24) is 15.2 Å². The molecule has 0 bridgehead atoms. The summed E-state index contributed by atoms with van der Waals surface area (Å²) < 4.78 is 0. The maximum atomic E-state index is 12.4. The van der Waals surface area contributed by atoms with Crippen molar-refractivity contribution in [2.75, 3.05) is 25.4 Å². The number of amides is 1. The minimum atomic E-state index is -0.0436. The second kappa shape index (κ2) is 11.2. The van der Waals surface area contributed by atoms with Crippen molar-refractivity contribution in [3.05, 3.63) is 59.8 Å². The number of hydrogen-bond donors (Lipinski definition) is 1. The van der Waals surface area contributed by atoms with E-state index < -0.39 is 0 Å². The molecule has 1 atom stereocenters. The van der Waals surface area contributed by atoms with Gasteiger partial charge in [0, 0.05) is 24.5 Å². The van der Waals surface area contributed by atoms with E-state index in [0.717, 1.165) is 30.2 Å². The maximum Gasteiger partial charge on any atom is 0.253 e. The van der Waals surface area contributed by atoms with E-state index in [4.69, 9.17) is 0 Å². The van der Waals surface area contributed by atoms with Crippen molar-refractivity contribution in [3.8, 4) is 0 Å². The first-order valence-corrected chi connectivity index (χ1v) is 11.4. The normalized spacial score (nSPS) is 15.9. The molecule has 2 aromatic rings. The van der Waals surface area contributed by atoms with Gasteiger partial charge in [-0.3, -0.25) is 4.79 Å². The number of aromatic nitrogens is 1. The Bertz CT molecular complexity index is 714. The van der Waals surface area contributed by atoms with Gasteiger partial charge in [-0.15, -0.1) is 11.8 Å². The fourth-order valence-corrected chi connectivity index (χ4v) is 4.32. The topological polar surface area (TPSA) is 45.2 Å². The lowest BCUT2D eigenvalue weighted by Crippen LogP contribution is -2.33. The molecule has 0 saturated carbocycles. The van der Waals surface area contributed by atoms with E-state index in [2.05, 4.69) is 46.4 Å². The number of thioether (sulfide) groups is 1. The fraction of sp³-hybridized carbons (Fsp3) is 0.478. The van der Waals surface area contributed by atoms with Gasteiger partial charge in [0.15, 0.2) is 0 Å². The molecule has 5 heteroatoms. The Kier molecular flexibility index (Phi) is 8.37. The molecule has 150 valence electrons. The van der Waals surface area contributed by atoms with Crippen molar-refractivity contribution in [2.24, 2.45) is 0 Å². The summed E-state index contributed by atoms with van der Waals surface area (Å²) in [5, 5.41) is 4.07. The van der Waals surface area contributed by atoms with Gasteiger partial charge in [0.1, 0.15) is 0 Å². The van der Waals surface area contributed by atoms with E-state index in [9.17, 15) is 4.79 Å². The molecule has 3 rings (SSSR count). The van der Waals surface area contributed by atoms with Crippen LogP contribution in [0, 0.1) is 0 Å². The van der Waals surface area contributed by atoms with Crippen LogP contribution in [0.25, 0.3) is 0 Å². The van der Waals surface area contributed by atoms with Gasteiger partial charge in [-0.2, -0.15) is 0 Å². The molecule has 1 saturated heterocycles. The molecule has 2 heterocycles. The molecule has 0 aliphatic carbocycles. The van der Waals surface area contributed by atoms with Gasteiger partial charge in [-0.25, -0.2) is 4.98 Å². The molecule has 1 aromatic carbocycles. The molecular formula is C23H31N3OS. The monoisotopic (exact) mass is 397 g/mol. The summed E-state index contributed by atoms with van der Waals surface area (Å²) in [6.07, 6.45) is 7.62. The van der Waals surface area contributed by atoms with Gasteiger partial charge in [-0.1, -0.05) is 36.8 Å². The number of benzene rings is 1. The average molecular weight is 398 g/mol. The Balaban J connectivity index is 1.38. The molecule has 0 radical (unpaired) electrons. The van der Waals surface area contributed by atoms with E-state index in [1.54, 1.807) is 18.0 Å². The minimum Gasteiger partial charge on any atom is -0.350 e. The Hall–Kier alpha value is -1.85. The number of nitrogens with zero attached hydrogens (tertiary/aromatic N) is 2. The maximum absolute atomic E-state index is 12.4. The van der Waals surface area contributed by atoms with Crippen LogP contribution in [0.1, 0.15) is 48.5 Å². The number of pyridine rings is 1. The molecule has 1 N–H and O–H groups in total. The van der Waals surface area contributed by atoms with Crippen LogP contribution in [-0.2, 0) is 6.42 Å². The van der Waals surface area contributed by atoms with Crippen molar-refractivity contribution in [1.29, 1.82) is 0 Å². The summed E-state index contributed by atoms with van der Waals surface area (Å²) >= 11 is 1.77. The second-order valence-corrected chi connectivity index (χ2v) is 8.65. The number of aryl methyl sites for hydroxylation is 1. The standard InChI is InChI=1S/C23H31N3OS/c1-19(10-11-20-8-4-2-5-9-20)25-23(27)21-12-13-22(24-18-21)28-17-16-26-14-6-3-7-15-26/h2,4-5,8-9,12-13,18-19H,3,6-7,10-11,14-17H2,1H3,(H,25,27). The number of rotatable bonds is 9. The Morgan fingerprint density at radius 2 is 1.93 bits per heavy atom. The molecule has 1 fully saturated rings. The van der Waals surface area contributed by atoms with E-state index in [1.165, 1.54) is 37.9 Å².